The lowest BCUT2D eigenvalue weighted by Gasteiger charge is -2.18. The van der Waals surface area contributed by atoms with Crippen molar-refractivity contribution in [2.45, 2.75) is 32.1 Å². The van der Waals surface area contributed by atoms with Crippen molar-refractivity contribution in [1.82, 2.24) is 15.6 Å². The topological polar surface area (TPSA) is 92.7 Å². The lowest BCUT2D eigenvalue weighted by atomic mass is 10.2. The normalized spacial score (nSPS) is 14.0. The molecule has 0 saturated heterocycles. The molecule has 0 saturated carbocycles. The summed E-state index contributed by atoms with van der Waals surface area (Å²) in [5.74, 6) is 0.311. The smallest absolute Gasteiger partial charge is 0.422 e. The van der Waals surface area contributed by atoms with E-state index in [1.54, 1.807) is 19.1 Å². The maximum Gasteiger partial charge on any atom is 0.422 e. The number of hydrogen-bond donors (Lipinski definition) is 2. The Balaban J connectivity index is 2.61. The predicted molar refractivity (Wildman–Crippen MR) is 92.9 cm³/mol. The van der Waals surface area contributed by atoms with Crippen LogP contribution < -0.4 is 15.4 Å². The van der Waals surface area contributed by atoms with E-state index in [0.29, 0.717) is 17.9 Å². The molecule has 0 aliphatic heterocycles. The van der Waals surface area contributed by atoms with E-state index in [4.69, 9.17) is 4.74 Å². The largest absolute Gasteiger partial charge is 0.468 e. The first-order valence-corrected chi connectivity index (χ1v) is 9.84. The van der Waals surface area contributed by atoms with Crippen molar-refractivity contribution >= 4 is 15.8 Å². The van der Waals surface area contributed by atoms with Gasteiger partial charge in [0.2, 0.25) is 5.88 Å². The van der Waals surface area contributed by atoms with Crippen LogP contribution in [-0.2, 0) is 16.4 Å². The molecule has 0 fully saturated rings. The first-order valence-electron chi connectivity index (χ1n) is 7.78. The van der Waals surface area contributed by atoms with Gasteiger partial charge in [0, 0.05) is 37.7 Å². The molecule has 0 aromatic carbocycles. The van der Waals surface area contributed by atoms with Crippen LogP contribution in [0.15, 0.2) is 23.3 Å². The minimum Gasteiger partial charge on any atom is -0.468 e. The molecule has 0 radical (unpaired) electrons. The maximum absolute atomic E-state index is 12.3. The molecular formula is C15H23F3N4O3S. The van der Waals surface area contributed by atoms with Gasteiger partial charge in [-0.3, -0.25) is 4.99 Å². The minimum absolute atomic E-state index is 0.0379. The van der Waals surface area contributed by atoms with Crippen molar-refractivity contribution in [3.63, 3.8) is 0 Å². The molecule has 1 unspecified atom stereocenters. The van der Waals surface area contributed by atoms with Crippen LogP contribution >= 0.6 is 0 Å². The molecule has 148 valence electrons. The summed E-state index contributed by atoms with van der Waals surface area (Å²) in [6, 6.07) is 3.01. The molecule has 26 heavy (non-hydrogen) atoms. The van der Waals surface area contributed by atoms with Crippen LogP contribution in [0.5, 0.6) is 5.88 Å². The second-order valence-electron chi connectivity index (χ2n) is 5.76. The molecule has 1 heterocycles. The SMILES string of the molecule is CN=C(NCc1cccnc1OCC(F)(F)F)NC(C)CCS(C)(=O)=O. The van der Waals surface area contributed by atoms with Crippen LogP contribution in [0.4, 0.5) is 13.2 Å². The molecule has 0 spiro atoms. The molecule has 1 rings (SSSR count). The number of aliphatic imine (C=N–C) groups is 1. The Kier molecular flexibility index (Phi) is 8.12. The van der Waals surface area contributed by atoms with Gasteiger partial charge in [0.1, 0.15) is 9.84 Å². The average molecular weight is 396 g/mol. The molecule has 2 N–H and O–H groups in total. The van der Waals surface area contributed by atoms with Gasteiger partial charge < -0.3 is 15.4 Å². The van der Waals surface area contributed by atoms with Gasteiger partial charge in [-0.25, -0.2) is 13.4 Å². The fourth-order valence-corrected chi connectivity index (χ4v) is 2.69. The van der Waals surface area contributed by atoms with Gasteiger partial charge in [0.15, 0.2) is 12.6 Å². The van der Waals surface area contributed by atoms with Crippen LogP contribution in [0, 0.1) is 0 Å². The van der Waals surface area contributed by atoms with E-state index < -0.39 is 22.6 Å². The maximum atomic E-state index is 12.3. The second kappa shape index (κ2) is 9.60. The number of guanidine groups is 1. The van der Waals surface area contributed by atoms with Crippen molar-refractivity contribution < 1.29 is 26.3 Å². The van der Waals surface area contributed by atoms with Crippen molar-refractivity contribution in [3.8, 4) is 5.88 Å². The number of pyridine rings is 1. The number of halogens is 3. The average Bonchev–Trinajstić information content (AvgIpc) is 2.54. The van der Waals surface area contributed by atoms with Crippen molar-refractivity contribution in [1.29, 1.82) is 0 Å². The highest BCUT2D eigenvalue weighted by Gasteiger charge is 2.29. The Bertz CT molecular complexity index is 708. The Morgan fingerprint density at radius 3 is 2.69 bits per heavy atom. The summed E-state index contributed by atoms with van der Waals surface area (Å²) < 4.78 is 64.0. The van der Waals surface area contributed by atoms with Gasteiger partial charge in [0.05, 0.1) is 5.75 Å². The number of nitrogens with zero attached hydrogens (tertiary/aromatic N) is 2. The third-order valence-electron chi connectivity index (χ3n) is 3.20. The van der Waals surface area contributed by atoms with Gasteiger partial charge in [-0.15, -0.1) is 0 Å². The number of rotatable bonds is 8. The predicted octanol–water partition coefficient (Wildman–Crippen LogP) is 1.51. The Hall–Kier alpha value is -2.04. The highest BCUT2D eigenvalue weighted by molar-refractivity contribution is 7.90. The highest BCUT2D eigenvalue weighted by atomic mass is 32.2. The third-order valence-corrected chi connectivity index (χ3v) is 4.17. The summed E-state index contributed by atoms with van der Waals surface area (Å²) in [5.41, 5.74) is 0.434. The first-order chi connectivity index (χ1) is 12.0. The van der Waals surface area contributed by atoms with Crippen LogP contribution in [0.25, 0.3) is 0 Å². The standard InChI is InChI=1S/C15H23F3N4O3S/c1-11(6-8-26(3,23)24)22-14(19-2)21-9-12-5-4-7-20-13(12)25-10-15(16,17)18/h4-5,7,11H,6,8-10H2,1-3H3,(H2,19,21,22). The van der Waals surface area contributed by atoms with Crippen LogP contribution in [0.3, 0.4) is 0 Å². The van der Waals surface area contributed by atoms with Crippen molar-refractivity contribution in [2.24, 2.45) is 4.99 Å². The van der Waals surface area contributed by atoms with Crippen LogP contribution in [0.2, 0.25) is 0 Å². The number of aromatic nitrogens is 1. The van der Waals surface area contributed by atoms with Gasteiger partial charge in [-0.05, 0) is 19.4 Å². The quantitative estimate of drug-likeness (QED) is 0.511. The van der Waals surface area contributed by atoms with Crippen molar-refractivity contribution in [2.75, 3.05) is 25.7 Å². The first kappa shape index (κ1) is 22.0. The monoisotopic (exact) mass is 396 g/mol. The van der Waals surface area contributed by atoms with Crippen LogP contribution in [-0.4, -0.2) is 57.2 Å². The van der Waals surface area contributed by atoms with E-state index in [1.807, 2.05) is 0 Å². The van der Waals surface area contributed by atoms with E-state index in [2.05, 4.69) is 20.6 Å². The second-order valence-corrected chi connectivity index (χ2v) is 8.02. The molecule has 1 atom stereocenters. The van der Waals surface area contributed by atoms with E-state index in [1.165, 1.54) is 13.2 Å². The number of alkyl halides is 3. The number of sulfone groups is 1. The Morgan fingerprint density at radius 1 is 1.42 bits per heavy atom. The summed E-state index contributed by atoms with van der Waals surface area (Å²) in [5, 5.41) is 5.96. The summed E-state index contributed by atoms with van der Waals surface area (Å²) >= 11 is 0. The number of hydrogen-bond acceptors (Lipinski definition) is 5. The molecule has 1 aromatic heterocycles. The molecule has 7 nitrogen and oxygen atoms in total. The Morgan fingerprint density at radius 2 is 2.12 bits per heavy atom. The van der Waals surface area contributed by atoms with E-state index >= 15 is 0 Å². The molecule has 1 aromatic rings. The number of nitrogens with one attached hydrogen (secondary N) is 2. The fraction of sp³-hybridized carbons (Fsp3) is 0.600. The minimum atomic E-state index is -4.45. The van der Waals surface area contributed by atoms with Gasteiger partial charge in [0.25, 0.3) is 0 Å². The summed E-state index contributed by atoms with van der Waals surface area (Å²) in [7, 11) is -1.53. The molecule has 0 aliphatic rings. The highest BCUT2D eigenvalue weighted by Crippen LogP contribution is 2.19. The van der Waals surface area contributed by atoms with E-state index in [9.17, 15) is 21.6 Å². The lowest BCUT2D eigenvalue weighted by Crippen LogP contribution is -2.42. The van der Waals surface area contributed by atoms with E-state index in [0.717, 1.165) is 6.26 Å². The summed E-state index contributed by atoms with van der Waals surface area (Å²) in [4.78, 5) is 7.82. The Labute approximate surface area is 151 Å². The molecule has 11 heteroatoms. The third kappa shape index (κ3) is 9.44. The zero-order valence-electron chi connectivity index (χ0n) is 14.8. The zero-order chi connectivity index (χ0) is 19.8. The fourth-order valence-electron chi connectivity index (χ4n) is 1.91. The van der Waals surface area contributed by atoms with Crippen LogP contribution in [0.1, 0.15) is 18.9 Å². The summed E-state index contributed by atoms with van der Waals surface area (Å²) in [6.45, 7) is 0.520. The lowest BCUT2D eigenvalue weighted by molar-refractivity contribution is -0.154. The van der Waals surface area contributed by atoms with Gasteiger partial charge in [-0.2, -0.15) is 13.2 Å². The van der Waals surface area contributed by atoms with Gasteiger partial charge >= 0.3 is 6.18 Å². The number of ether oxygens (including phenoxy) is 1. The molecule has 0 amide bonds. The van der Waals surface area contributed by atoms with E-state index in [-0.39, 0.29) is 24.2 Å². The molecule has 0 bridgehead atoms. The van der Waals surface area contributed by atoms with Crippen molar-refractivity contribution in [3.05, 3.63) is 23.9 Å². The zero-order valence-corrected chi connectivity index (χ0v) is 15.6. The summed E-state index contributed by atoms with van der Waals surface area (Å²) in [6.07, 6.45) is -1.55. The molecule has 0 aliphatic carbocycles. The molecular weight excluding hydrogens is 373 g/mol. The van der Waals surface area contributed by atoms with Gasteiger partial charge in [-0.1, -0.05) is 6.07 Å².